The highest BCUT2D eigenvalue weighted by atomic mass is 79.9. The lowest BCUT2D eigenvalue weighted by Crippen LogP contribution is -2.06. The zero-order chi connectivity index (χ0) is 13.8. The van der Waals surface area contributed by atoms with E-state index in [0.717, 1.165) is 9.48 Å². The molecule has 0 unspecified atom stereocenters. The van der Waals surface area contributed by atoms with E-state index in [-0.39, 0.29) is 18.0 Å². The van der Waals surface area contributed by atoms with Crippen molar-refractivity contribution in [3.63, 3.8) is 0 Å². The van der Waals surface area contributed by atoms with Crippen molar-refractivity contribution in [3.05, 3.63) is 50.1 Å². The van der Waals surface area contributed by atoms with Crippen molar-refractivity contribution in [1.29, 1.82) is 0 Å². The van der Waals surface area contributed by atoms with Crippen molar-refractivity contribution in [2.24, 2.45) is 5.73 Å². The first-order valence-electron chi connectivity index (χ1n) is 5.71. The standard InChI is InChI=1S/C13H12BrFN2OS/c14-10-2-1-9(15)5-8(10)6-12(18)11-7-19-13(17-11)3-4-16/h1-2,5,7H,3-4,6,16H2. The Morgan fingerprint density at radius 2 is 2.26 bits per heavy atom. The van der Waals surface area contributed by atoms with Crippen LogP contribution in [0.25, 0.3) is 0 Å². The molecular weight excluding hydrogens is 331 g/mol. The van der Waals surface area contributed by atoms with Crippen LogP contribution in [-0.4, -0.2) is 17.3 Å². The van der Waals surface area contributed by atoms with Crippen LogP contribution >= 0.6 is 27.3 Å². The summed E-state index contributed by atoms with van der Waals surface area (Å²) in [4.78, 5) is 16.3. The molecule has 100 valence electrons. The number of nitrogens with two attached hydrogens (primary N) is 1. The largest absolute Gasteiger partial charge is 0.330 e. The number of Topliss-reactive ketones (excluding diaryl/α,β-unsaturated/α-hetero) is 1. The number of benzene rings is 1. The highest BCUT2D eigenvalue weighted by Crippen LogP contribution is 2.20. The number of aromatic nitrogens is 1. The highest BCUT2D eigenvalue weighted by Gasteiger charge is 2.13. The van der Waals surface area contributed by atoms with Crippen molar-refractivity contribution in [1.82, 2.24) is 4.98 Å². The summed E-state index contributed by atoms with van der Waals surface area (Å²) in [6, 6.07) is 4.30. The second kappa shape index (κ2) is 6.36. The third-order valence-electron chi connectivity index (χ3n) is 2.55. The number of halogens is 2. The van der Waals surface area contributed by atoms with E-state index >= 15 is 0 Å². The SMILES string of the molecule is NCCc1nc(C(=O)Cc2cc(F)ccc2Br)cs1. The smallest absolute Gasteiger partial charge is 0.186 e. The monoisotopic (exact) mass is 342 g/mol. The molecule has 0 bridgehead atoms. The Balaban J connectivity index is 2.13. The van der Waals surface area contributed by atoms with Crippen molar-refractivity contribution < 1.29 is 9.18 Å². The molecule has 2 aromatic rings. The number of nitrogens with zero attached hydrogens (tertiary/aromatic N) is 1. The molecule has 2 N–H and O–H groups in total. The van der Waals surface area contributed by atoms with Crippen LogP contribution in [0.15, 0.2) is 28.1 Å². The van der Waals surface area contributed by atoms with Crippen molar-refractivity contribution in [2.45, 2.75) is 12.8 Å². The fraction of sp³-hybridized carbons (Fsp3) is 0.231. The number of carbonyl (C=O) groups is 1. The lowest BCUT2D eigenvalue weighted by atomic mass is 10.1. The molecule has 3 nitrogen and oxygen atoms in total. The minimum Gasteiger partial charge on any atom is -0.330 e. The van der Waals surface area contributed by atoms with Gasteiger partial charge >= 0.3 is 0 Å². The van der Waals surface area contributed by atoms with Gasteiger partial charge in [0.15, 0.2) is 5.78 Å². The number of hydrogen-bond donors (Lipinski definition) is 1. The van der Waals surface area contributed by atoms with Crippen LogP contribution in [0.2, 0.25) is 0 Å². The summed E-state index contributed by atoms with van der Waals surface area (Å²) >= 11 is 4.73. The van der Waals surface area contributed by atoms with Gasteiger partial charge in [0.2, 0.25) is 0 Å². The lowest BCUT2D eigenvalue weighted by Gasteiger charge is -2.02. The first kappa shape index (κ1) is 14.3. The van der Waals surface area contributed by atoms with E-state index in [1.165, 1.54) is 23.5 Å². The first-order chi connectivity index (χ1) is 9.10. The molecule has 0 amide bonds. The molecular formula is C13H12BrFN2OS. The molecule has 1 aromatic carbocycles. The van der Waals surface area contributed by atoms with E-state index in [1.54, 1.807) is 11.4 Å². The number of hydrogen-bond acceptors (Lipinski definition) is 4. The fourth-order valence-corrected chi connectivity index (χ4v) is 2.82. The van der Waals surface area contributed by atoms with Gasteiger partial charge in [0.25, 0.3) is 0 Å². The Morgan fingerprint density at radius 3 is 3.00 bits per heavy atom. The molecule has 1 heterocycles. The van der Waals surface area contributed by atoms with E-state index in [4.69, 9.17) is 5.73 Å². The van der Waals surface area contributed by atoms with E-state index < -0.39 is 0 Å². The van der Waals surface area contributed by atoms with E-state index in [1.807, 2.05) is 0 Å². The van der Waals surface area contributed by atoms with Crippen LogP contribution in [0.3, 0.4) is 0 Å². The molecule has 19 heavy (non-hydrogen) atoms. The van der Waals surface area contributed by atoms with Gasteiger partial charge in [-0.3, -0.25) is 4.79 Å². The van der Waals surface area contributed by atoms with Crippen LogP contribution in [0.1, 0.15) is 21.1 Å². The fourth-order valence-electron chi connectivity index (χ4n) is 1.62. The molecule has 0 fully saturated rings. The van der Waals surface area contributed by atoms with Gasteiger partial charge < -0.3 is 5.73 Å². The second-order valence-electron chi connectivity index (χ2n) is 4.00. The Kier molecular flexibility index (Phi) is 4.79. The number of ketones is 1. The maximum Gasteiger partial charge on any atom is 0.186 e. The molecule has 0 radical (unpaired) electrons. The Morgan fingerprint density at radius 1 is 1.47 bits per heavy atom. The molecule has 2 rings (SSSR count). The Hall–Kier alpha value is -1.11. The lowest BCUT2D eigenvalue weighted by molar-refractivity contribution is 0.0988. The van der Waals surface area contributed by atoms with E-state index in [2.05, 4.69) is 20.9 Å². The minimum absolute atomic E-state index is 0.120. The van der Waals surface area contributed by atoms with Crippen LogP contribution in [0.4, 0.5) is 4.39 Å². The van der Waals surface area contributed by atoms with Crippen LogP contribution in [0.5, 0.6) is 0 Å². The summed E-state index contributed by atoms with van der Waals surface area (Å²) in [5.74, 6) is -0.473. The molecule has 6 heteroatoms. The zero-order valence-corrected chi connectivity index (χ0v) is 12.4. The molecule has 0 aliphatic carbocycles. The normalized spacial score (nSPS) is 10.7. The summed E-state index contributed by atoms with van der Waals surface area (Å²) < 4.78 is 13.9. The number of thiazole rings is 1. The summed E-state index contributed by atoms with van der Waals surface area (Å²) in [5.41, 5.74) is 6.48. The zero-order valence-electron chi connectivity index (χ0n) is 10.0. The maximum absolute atomic E-state index is 13.1. The van der Waals surface area contributed by atoms with Gasteiger partial charge in [-0.1, -0.05) is 15.9 Å². The van der Waals surface area contributed by atoms with Crippen molar-refractivity contribution in [2.75, 3.05) is 6.54 Å². The number of rotatable bonds is 5. The molecule has 1 aromatic heterocycles. The summed E-state index contributed by atoms with van der Waals surface area (Å²) in [5, 5.41) is 2.57. The first-order valence-corrected chi connectivity index (χ1v) is 7.39. The van der Waals surface area contributed by atoms with Gasteiger partial charge in [-0.05, 0) is 30.3 Å². The third-order valence-corrected chi connectivity index (χ3v) is 4.24. The van der Waals surface area contributed by atoms with Gasteiger partial charge in [-0.15, -0.1) is 11.3 Å². The Bertz CT molecular complexity index is 600. The van der Waals surface area contributed by atoms with Crippen LogP contribution in [-0.2, 0) is 12.8 Å². The third kappa shape index (κ3) is 3.68. The van der Waals surface area contributed by atoms with Gasteiger partial charge in [0.05, 0.1) is 5.01 Å². The highest BCUT2D eigenvalue weighted by molar-refractivity contribution is 9.10. The van der Waals surface area contributed by atoms with Crippen molar-refractivity contribution in [3.8, 4) is 0 Å². The summed E-state index contributed by atoms with van der Waals surface area (Å²) in [6.07, 6.45) is 0.797. The van der Waals surface area contributed by atoms with Crippen LogP contribution in [0, 0.1) is 5.82 Å². The average molecular weight is 343 g/mol. The van der Waals surface area contributed by atoms with E-state index in [9.17, 15) is 9.18 Å². The molecule has 0 atom stereocenters. The second-order valence-corrected chi connectivity index (χ2v) is 5.80. The molecule has 0 aliphatic rings. The topological polar surface area (TPSA) is 56.0 Å². The maximum atomic E-state index is 13.1. The molecule has 0 saturated carbocycles. The van der Waals surface area contributed by atoms with Crippen molar-refractivity contribution >= 4 is 33.0 Å². The molecule has 0 saturated heterocycles. The van der Waals surface area contributed by atoms with Crippen LogP contribution < -0.4 is 5.73 Å². The summed E-state index contributed by atoms with van der Waals surface area (Å²) in [7, 11) is 0. The predicted molar refractivity (Wildman–Crippen MR) is 77.0 cm³/mol. The predicted octanol–water partition coefficient (Wildman–Crippen LogP) is 2.97. The number of carbonyl (C=O) groups excluding carboxylic acids is 1. The van der Waals surface area contributed by atoms with Gasteiger partial charge in [-0.2, -0.15) is 0 Å². The van der Waals surface area contributed by atoms with Gasteiger partial charge in [-0.25, -0.2) is 9.37 Å². The Labute approximate surface area is 122 Å². The van der Waals surface area contributed by atoms with Gasteiger partial charge in [0.1, 0.15) is 11.5 Å². The molecule has 0 spiro atoms. The molecule has 0 aliphatic heterocycles. The average Bonchev–Trinajstić information content (AvgIpc) is 2.83. The van der Waals surface area contributed by atoms with Gasteiger partial charge in [0, 0.05) is 22.7 Å². The van der Waals surface area contributed by atoms with E-state index in [0.29, 0.717) is 24.2 Å². The quantitative estimate of drug-likeness (QED) is 0.850. The minimum atomic E-state index is -0.354. The summed E-state index contributed by atoms with van der Waals surface area (Å²) in [6.45, 7) is 0.511.